The highest BCUT2D eigenvalue weighted by Crippen LogP contribution is 2.23. The molecule has 1 N–H and O–H groups in total. The normalized spacial score (nSPS) is 16.4. The molecule has 0 saturated heterocycles. The van der Waals surface area contributed by atoms with Gasteiger partial charge in [0.1, 0.15) is 11.7 Å². The molecule has 86 valence electrons. The van der Waals surface area contributed by atoms with Gasteiger partial charge in [-0.25, -0.2) is 4.39 Å². The number of amidine groups is 1. The summed E-state index contributed by atoms with van der Waals surface area (Å²) in [7, 11) is -0.859. The Balaban J connectivity index is 2.15. The maximum absolute atomic E-state index is 13.0. The highest BCUT2D eigenvalue weighted by Gasteiger charge is 2.24. The van der Waals surface area contributed by atoms with Crippen LogP contribution in [0.1, 0.15) is 11.1 Å². The Labute approximate surface area is 96.2 Å². The van der Waals surface area contributed by atoms with Gasteiger partial charge in [0.25, 0.3) is 0 Å². The zero-order valence-electron chi connectivity index (χ0n) is 9.00. The minimum atomic E-state index is -0.859. The van der Waals surface area contributed by atoms with E-state index >= 15 is 0 Å². The van der Waals surface area contributed by atoms with Crippen molar-refractivity contribution in [3.63, 3.8) is 0 Å². The summed E-state index contributed by atoms with van der Waals surface area (Å²) < 4.78 is 24.0. The van der Waals surface area contributed by atoms with Gasteiger partial charge in [-0.1, -0.05) is 6.07 Å². The van der Waals surface area contributed by atoms with Crippen LogP contribution in [0.2, 0.25) is 0 Å². The first kappa shape index (κ1) is 11.3. The minimum Gasteiger partial charge on any atom is -0.351 e. The molecule has 1 unspecified atom stereocenters. The third-order valence-electron chi connectivity index (χ3n) is 2.65. The molecule has 0 aromatic heterocycles. The fourth-order valence-corrected chi connectivity index (χ4v) is 2.27. The second-order valence-electron chi connectivity index (χ2n) is 3.85. The quantitative estimate of drug-likeness (QED) is 0.866. The average molecular weight is 240 g/mol. The second kappa shape index (κ2) is 4.33. The van der Waals surface area contributed by atoms with E-state index in [0.717, 1.165) is 5.56 Å². The zero-order valence-corrected chi connectivity index (χ0v) is 9.81. The van der Waals surface area contributed by atoms with Crippen LogP contribution in [0.5, 0.6) is 0 Å². The number of nitrogens with one attached hydrogen (secondary N) is 1. The van der Waals surface area contributed by atoms with Crippen molar-refractivity contribution in [1.29, 1.82) is 5.41 Å². The van der Waals surface area contributed by atoms with Crippen molar-refractivity contribution < 1.29 is 8.60 Å². The van der Waals surface area contributed by atoms with Crippen molar-refractivity contribution in [2.45, 2.75) is 6.54 Å². The van der Waals surface area contributed by atoms with Crippen molar-refractivity contribution in [2.75, 3.05) is 18.6 Å². The molecule has 1 aliphatic rings. The molecule has 5 heteroatoms. The highest BCUT2D eigenvalue weighted by atomic mass is 32.2. The average Bonchev–Trinajstić information content (AvgIpc) is 2.53. The van der Waals surface area contributed by atoms with Crippen molar-refractivity contribution in [3.05, 3.63) is 35.1 Å². The molecule has 2 rings (SSSR count). The second-order valence-corrected chi connectivity index (χ2v) is 5.40. The highest BCUT2D eigenvalue weighted by molar-refractivity contribution is 7.84. The Morgan fingerprint density at radius 3 is 3.00 bits per heavy atom. The van der Waals surface area contributed by atoms with Crippen LogP contribution in [-0.2, 0) is 17.3 Å². The number of hydrogen-bond donors (Lipinski definition) is 1. The fraction of sp³-hybridized carbons (Fsp3) is 0.364. The Kier molecular flexibility index (Phi) is 3.05. The molecule has 0 radical (unpaired) electrons. The lowest BCUT2D eigenvalue weighted by Gasteiger charge is -2.16. The van der Waals surface area contributed by atoms with E-state index in [1.165, 1.54) is 12.1 Å². The molecule has 0 fully saturated rings. The zero-order chi connectivity index (χ0) is 11.7. The minimum absolute atomic E-state index is 0.315. The predicted octanol–water partition coefficient (Wildman–Crippen LogP) is 1.35. The third kappa shape index (κ3) is 2.14. The van der Waals surface area contributed by atoms with E-state index in [1.807, 2.05) is 4.90 Å². The Hall–Kier alpha value is -1.23. The van der Waals surface area contributed by atoms with Crippen molar-refractivity contribution in [3.8, 4) is 0 Å². The van der Waals surface area contributed by atoms with E-state index in [1.54, 1.807) is 12.3 Å². The summed E-state index contributed by atoms with van der Waals surface area (Å²) in [5.41, 5.74) is 1.62. The molecule has 0 bridgehead atoms. The molecule has 0 spiro atoms. The van der Waals surface area contributed by atoms with Gasteiger partial charge >= 0.3 is 0 Å². The summed E-state index contributed by atoms with van der Waals surface area (Å²) in [6.45, 7) is 1.20. The van der Waals surface area contributed by atoms with E-state index < -0.39 is 10.8 Å². The van der Waals surface area contributed by atoms with E-state index in [-0.39, 0.29) is 5.82 Å². The maximum Gasteiger partial charge on any atom is 0.128 e. The third-order valence-corrected chi connectivity index (χ3v) is 3.41. The molecule has 3 nitrogen and oxygen atoms in total. The SMILES string of the molecule is CS(=O)CCN1Cc2ccc(F)cc2C1=N. The molecule has 1 atom stereocenters. The molecule has 0 amide bonds. The summed E-state index contributed by atoms with van der Waals surface area (Å²) >= 11 is 0. The van der Waals surface area contributed by atoms with Gasteiger partial charge in [-0.3, -0.25) is 9.62 Å². The van der Waals surface area contributed by atoms with Gasteiger partial charge in [-0.15, -0.1) is 0 Å². The Morgan fingerprint density at radius 2 is 2.31 bits per heavy atom. The van der Waals surface area contributed by atoms with Crippen molar-refractivity contribution in [2.24, 2.45) is 0 Å². The molecule has 16 heavy (non-hydrogen) atoms. The number of benzene rings is 1. The molecule has 1 heterocycles. The van der Waals surface area contributed by atoms with Gasteiger partial charge in [0.2, 0.25) is 0 Å². The topological polar surface area (TPSA) is 44.2 Å². The van der Waals surface area contributed by atoms with Crippen molar-refractivity contribution >= 4 is 16.6 Å². The van der Waals surface area contributed by atoms with Crippen LogP contribution in [0, 0.1) is 11.2 Å². The molecule has 1 aromatic rings. The van der Waals surface area contributed by atoms with Crippen LogP contribution in [0.4, 0.5) is 4.39 Å². The summed E-state index contributed by atoms with van der Waals surface area (Å²) in [6, 6.07) is 4.51. The van der Waals surface area contributed by atoms with Gasteiger partial charge < -0.3 is 4.90 Å². The Bertz CT molecular complexity index is 461. The van der Waals surface area contributed by atoms with Gasteiger partial charge in [0.15, 0.2) is 0 Å². The van der Waals surface area contributed by atoms with Gasteiger partial charge in [0, 0.05) is 41.5 Å². The van der Waals surface area contributed by atoms with E-state index in [2.05, 4.69) is 0 Å². The molecule has 0 saturated carbocycles. The molecule has 1 aliphatic heterocycles. The summed E-state index contributed by atoms with van der Waals surface area (Å²) in [5, 5.41) is 7.89. The van der Waals surface area contributed by atoms with E-state index in [0.29, 0.717) is 30.2 Å². The van der Waals surface area contributed by atoms with E-state index in [4.69, 9.17) is 5.41 Å². The van der Waals surface area contributed by atoms with Crippen LogP contribution >= 0.6 is 0 Å². The standard InChI is InChI=1S/C11H13FN2OS/c1-16(15)5-4-14-7-8-2-3-9(12)6-10(8)11(14)13/h2-3,6,13H,4-5,7H2,1H3. The predicted molar refractivity (Wildman–Crippen MR) is 62.6 cm³/mol. The van der Waals surface area contributed by atoms with Crippen molar-refractivity contribution in [1.82, 2.24) is 4.90 Å². The smallest absolute Gasteiger partial charge is 0.128 e. The number of hydrogen-bond acceptors (Lipinski definition) is 2. The monoisotopic (exact) mass is 240 g/mol. The molecule has 1 aromatic carbocycles. The lowest BCUT2D eigenvalue weighted by molar-refractivity contribution is 0.454. The number of halogens is 1. The van der Waals surface area contributed by atoms with Crippen LogP contribution in [0.25, 0.3) is 0 Å². The number of nitrogens with zero attached hydrogens (tertiary/aromatic N) is 1. The van der Waals surface area contributed by atoms with Crippen LogP contribution in [0.15, 0.2) is 18.2 Å². The summed E-state index contributed by atoms with van der Waals surface area (Å²) in [5.74, 6) is 0.558. The van der Waals surface area contributed by atoms with Crippen LogP contribution < -0.4 is 0 Å². The van der Waals surface area contributed by atoms with Gasteiger partial charge in [-0.2, -0.15) is 0 Å². The van der Waals surface area contributed by atoms with E-state index in [9.17, 15) is 8.60 Å². The number of rotatable bonds is 3. The molecular formula is C11H13FN2OS. The maximum atomic E-state index is 13.0. The molecular weight excluding hydrogens is 227 g/mol. The fourth-order valence-electron chi connectivity index (χ4n) is 1.79. The van der Waals surface area contributed by atoms with Gasteiger partial charge in [0.05, 0.1) is 0 Å². The summed E-state index contributed by atoms with van der Waals surface area (Å²) in [4.78, 5) is 1.82. The lowest BCUT2D eigenvalue weighted by atomic mass is 10.1. The first-order valence-corrected chi connectivity index (χ1v) is 6.73. The largest absolute Gasteiger partial charge is 0.351 e. The lowest BCUT2D eigenvalue weighted by Crippen LogP contribution is -2.28. The summed E-state index contributed by atoms with van der Waals surface area (Å²) in [6.07, 6.45) is 1.65. The first-order chi connectivity index (χ1) is 7.58. The van der Waals surface area contributed by atoms with Crippen LogP contribution in [0.3, 0.4) is 0 Å². The number of fused-ring (bicyclic) bond motifs is 1. The Morgan fingerprint density at radius 1 is 1.56 bits per heavy atom. The first-order valence-electron chi connectivity index (χ1n) is 5.00. The van der Waals surface area contributed by atoms with Crippen LogP contribution in [-0.4, -0.2) is 33.5 Å². The molecule has 0 aliphatic carbocycles. The van der Waals surface area contributed by atoms with Gasteiger partial charge in [-0.05, 0) is 17.7 Å².